The minimum Gasteiger partial charge on any atom is -0.481 e. The standard InChI is InChI=1S/2C14H11NO.4C2H4O2.2Cu/c2*16-14(13-8-10-15-11-9-13)7-6-12-4-2-1-3-5-12;4*1-2(3)4;;/h2*1-11H;4*1H3,(H,3,4);;. The number of aliphatic carboxylic acids is 4. The van der Waals surface area contributed by atoms with E-state index >= 15 is 0 Å². The normalized spacial score (nSPS) is 8.72. The van der Waals surface area contributed by atoms with Crippen molar-refractivity contribution in [3.8, 4) is 0 Å². The van der Waals surface area contributed by atoms with Crippen LogP contribution in [0.5, 0.6) is 0 Å². The third-order valence-electron chi connectivity index (χ3n) is 4.38. The summed E-state index contributed by atoms with van der Waals surface area (Å²) >= 11 is 0. The van der Waals surface area contributed by atoms with Crippen molar-refractivity contribution < 1.29 is 83.3 Å². The van der Waals surface area contributed by atoms with Gasteiger partial charge in [-0.2, -0.15) is 0 Å². The molecule has 2 heterocycles. The van der Waals surface area contributed by atoms with Gasteiger partial charge in [0, 0.05) is 97.7 Å². The van der Waals surface area contributed by atoms with E-state index < -0.39 is 23.9 Å². The molecule has 0 aliphatic carbocycles. The number of pyridine rings is 2. The summed E-state index contributed by atoms with van der Waals surface area (Å²) in [6.07, 6.45) is 13.2. The molecule has 2 aromatic heterocycles. The number of allylic oxidation sites excluding steroid dienone is 2. The number of nitrogens with zero attached hydrogens (tertiary/aromatic N) is 2. The van der Waals surface area contributed by atoms with E-state index in [4.69, 9.17) is 39.6 Å². The number of carbonyl (C=O) groups excluding carboxylic acids is 2. The summed E-state index contributed by atoms with van der Waals surface area (Å²) in [4.78, 5) is 67.1. The molecular weight excluding hydrogens is 747 g/mol. The van der Waals surface area contributed by atoms with Gasteiger partial charge in [-0.15, -0.1) is 0 Å². The maximum atomic E-state index is 11.7. The van der Waals surface area contributed by atoms with E-state index in [-0.39, 0.29) is 45.7 Å². The maximum absolute atomic E-state index is 11.7. The second-order valence-electron chi connectivity index (χ2n) is 8.76. The second kappa shape index (κ2) is 33.4. The van der Waals surface area contributed by atoms with E-state index in [1.54, 1.807) is 61.2 Å². The van der Waals surface area contributed by atoms with Gasteiger partial charge in [0.25, 0.3) is 23.9 Å². The quantitative estimate of drug-likeness (QED) is 0.0963. The predicted octanol–water partition coefficient (Wildman–Crippen LogP) is 6.31. The first-order valence-electron chi connectivity index (χ1n) is 13.8. The van der Waals surface area contributed by atoms with Gasteiger partial charge < -0.3 is 20.4 Å². The Kier molecular flexibility index (Phi) is 34.3. The Morgan fingerprint density at radius 1 is 0.440 bits per heavy atom. The van der Waals surface area contributed by atoms with Crippen molar-refractivity contribution in [2.75, 3.05) is 0 Å². The molecule has 0 amide bonds. The zero-order chi connectivity index (χ0) is 36.7. The summed E-state index contributed by atoms with van der Waals surface area (Å²) in [7, 11) is 0. The van der Waals surface area contributed by atoms with Crippen LogP contribution in [0.15, 0.2) is 122 Å². The molecule has 0 atom stereocenters. The van der Waals surface area contributed by atoms with E-state index in [2.05, 4.69) is 9.97 Å². The van der Waals surface area contributed by atoms with Gasteiger partial charge in [-0.1, -0.05) is 72.8 Å². The number of carboxylic acid groups (broad SMARTS) is 4. The summed E-state index contributed by atoms with van der Waals surface area (Å²) < 4.78 is 0. The zero-order valence-corrected chi connectivity index (χ0v) is 29.3. The Hall–Kier alpha value is -5.52. The number of hydrogen-bond donors (Lipinski definition) is 4. The first-order chi connectivity index (χ1) is 22.6. The van der Waals surface area contributed by atoms with Crippen LogP contribution < -0.4 is 0 Å². The molecule has 274 valence electrons. The topological polar surface area (TPSA) is 209 Å². The molecular formula is C36H38Cu2N2O10. The summed E-state index contributed by atoms with van der Waals surface area (Å²) in [6.45, 7) is 4.33. The molecule has 0 saturated heterocycles. The molecule has 4 rings (SSSR count). The molecule has 0 aliphatic heterocycles. The minimum atomic E-state index is -0.833. The van der Waals surface area contributed by atoms with Gasteiger partial charge in [0.05, 0.1) is 0 Å². The smallest absolute Gasteiger partial charge is 0.300 e. The van der Waals surface area contributed by atoms with E-state index in [9.17, 15) is 9.59 Å². The number of carbonyl (C=O) groups is 6. The number of hydrogen-bond acceptors (Lipinski definition) is 8. The molecule has 0 aliphatic rings. The van der Waals surface area contributed by atoms with Gasteiger partial charge in [-0.3, -0.25) is 38.7 Å². The first-order valence-corrected chi connectivity index (χ1v) is 13.8. The third kappa shape index (κ3) is 36.9. The van der Waals surface area contributed by atoms with E-state index in [1.165, 1.54) is 0 Å². The summed E-state index contributed by atoms with van der Waals surface area (Å²) in [5.41, 5.74) is 3.35. The number of carboxylic acids is 4. The van der Waals surface area contributed by atoms with E-state index in [0.29, 0.717) is 11.1 Å². The summed E-state index contributed by atoms with van der Waals surface area (Å²) in [6, 6.07) is 26.3. The van der Waals surface area contributed by atoms with Crippen molar-refractivity contribution in [3.05, 3.63) is 144 Å². The molecule has 0 bridgehead atoms. The first kappa shape index (κ1) is 51.3. The number of ketones is 2. The molecule has 2 radical (unpaired) electrons. The van der Waals surface area contributed by atoms with Crippen LogP contribution >= 0.6 is 0 Å². The average Bonchev–Trinajstić information content (AvgIpc) is 3.03. The predicted molar refractivity (Wildman–Crippen MR) is 181 cm³/mol. The van der Waals surface area contributed by atoms with Crippen LogP contribution in [0.2, 0.25) is 0 Å². The number of aromatic nitrogens is 2. The van der Waals surface area contributed by atoms with Crippen LogP contribution in [0.3, 0.4) is 0 Å². The third-order valence-corrected chi connectivity index (χ3v) is 4.38. The molecule has 0 saturated carbocycles. The Morgan fingerprint density at radius 3 is 0.880 bits per heavy atom. The molecule has 0 spiro atoms. The van der Waals surface area contributed by atoms with Crippen molar-refractivity contribution in [3.63, 3.8) is 0 Å². The van der Waals surface area contributed by atoms with Gasteiger partial charge in [0.1, 0.15) is 0 Å². The van der Waals surface area contributed by atoms with Gasteiger partial charge in [-0.05, 0) is 47.5 Å². The molecule has 2 aromatic carbocycles. The summed E-state index contributed by atoms with van der Waals surface area (Å²) in [5.74, 6) is -3.35. The maximum Gasteiger partial charge on any atom is 0.300 e. The van der Waals surface area contributed by atoms with Crippen molar-refractivity contribution >= 4 is 47.6 Å². The molecule has 14 heteroatoms. The average molecular weight is 786 g/mol. The fourth-order valence-electron chi connectivity index (χ4n) is 2.70. The largest absolute Gasteiger partial charge is 0.481 e. The Balaban J connectivity index is -0.000000290. The van der Waals surface area contributed by atoms with Gasteiger partial charge >= 0.3 is 0 Å². The van der Waals surface area contributed by atoms with Crippen LogP contribution in [0.4, 0.5) is 0 Å². The van der Waals surface area contributed by atoms with E-state index in [0.717, 1.165) is 38.8 Å². The minimum absolute atomic E-state index is 0. The van der Waals surface area contributed by atoms with Crippen LogP contribution in [-0.2, 0) is 53.3 Å². The fourth-order valence-corrected chi connectivity index (χ4v) is 2.70. The Labute approximate surface area is 311 Å². The fraction of sp³-hybridized carbons (Fsp3) is 0.111. The molecule has 0 unspecified atom stereocenters. The monoisotopic (exact) mass is 784 g/mol. The molecule has 4 N–H and O–H groups in total. The van der Waals surface area contributed by atoms with Crippen LogP contribution in [0, 0.1) is 0 Å². The van der Waals surface area contributed by atoms with Crippen molar-refractivity contribution in [1.82, 2.24) is 9.97 Å². The van der Waals surface area contributed by atoms with Crippen molar-refractivity contribution in [1.29, 1.82) is 0 Å². The van der Waals surface area contributed by atoms with Crippen LogP contribution in [0.25, 0.3) is 12.2 Å². The van der Waals surface area contributed by atoms with Crippen molar-refractivity contribution in [2.24, 2.45) is 0 Å². The second-order valence-corrected chi connectivity index (χ2v) is 8.76. The van der Waals surface area contributed by atoms with Crippen LogP contribution in [0.1, 0.15) is 59.5 Å². The Morgan fingerprint density at radius 2 is 0.660 bits per heavy atom. The molecule has 50 heavy (non-hydrogen) atoms. The zero-order valence-electron chi connectivity index (χ0n) is 27.4. The number of rotatable bonds is 6. The number of benzene rings is 2. The van der Waals surface area contributed by atoms with Gasteiger partial charge in [-0.25, -0.2) is 0 Å². The van der Waals surface area contributed by atoms with E-state index in [1.807, 2.05) is 72.8 Å². The van der Waals surface area contributed by atoms with Crippen molar-refractivity contribution in [2.45, 2.75) is 27.7 Å². The van der Waals surface area contributed by atoms with Gasteiger partial charge in [0.15, 0.2) is 11.6 Å². The van der Waals surface area contributed by atoms with Crippen LogP contribution in [-0.4, -0.2) is 65.8 Å². The molecule has 0 fully saturated rings. The molecule has 12 nitrogen and oxygen atoms in total. The SMILES string of the molecule is CC(=O)O.CC(=O)O.CC(=O)O.CC(=O)O.O=C(C=Cc1ccccc1)c1ccncc1.O=C(C=Cc1ccccc1)c1ccncc1.[Cu].[Cu]. The Bertz CT molecular complexity index is 1430. The van der Waals surface area contributed by atoms with Gasteiger partial charge in [0.2, 0.25) is 0 Å². The molecule has 4 aromatic rings. The summed E-state index contributed by atoms with van der Waals surface area (Å²) in [5, 5.41) is 29.7.